The maximum atomic E-state index is 5.82. The highest BCUT2D eigenvalue weighted by Crippen LogP contribution is 2.22. The van der Waals surface area contributed by atoms with Crippen LogP contribution in [0.4, 0.5) is 0 Å². The Hall–Kier alpha value is -0.980. The molecule has 0 heterocycles. The molecule has 0 atom stereocenters. The minimum absolute atomic E-state index is 0.549. The topological polar surface area (TPSA) is 0 Å². The van der Waals surface area contributed by atoms with Crippen molar-refractivity contribution >= 4 is 23.2 Å². The van der Waals surface area contributed by atoms with E-state index in [9.17, 15) is 0 Å². The maximum Gasteiger partial charge on any atom is 0.0474 e. The first-order chi connectivity index (χ1) is 7.83. The lowest BCUT2D eigenvalue weighted by molar-refractivity contribution is 1.38. The predicted octanol–water partition coefficient (Wildman–Crippen LogP) is 4.83. The van der Waals surface area contributed by atoms with Gasteiger partial charge in [0.2, 0.25) is 0 Å². The maximum absolute atomic E-state index is 5.82. The zero-order valence-corrected chi connectivity index (χ0v) is 10.3. The van der Waals surface area contributed by atoms with Gasteiger partial charge in [0.1, 0.15) is 0 Å². The summed E-state index contributed by atoms with van der Waals surface area (Å²) in [7, 11) is 0. The van der Waals surface area contributed by atoms with E-state index in [0.29, 0.717) is 11.8 Å². The third kappa shape index (κ3) is 2.58. The molecule has 2 heteroatoms. The Labute approximate surface area is 106 Å². The largest absolute Gasteiger partial charge is 0.122 e. The standard InChI is InChI=1S/C14H12Cl2/c15-9-11-4-6-13(7-5-11)14-3-1-2-12(8-14)10-16/h1-8H,9-10H2. The lowest BCUT2D eigenvalue weighted by Gasteiger charge is -2.04. The zero-order valence-electron chi connectivity index (χ0n) is 8.79. The molecule has 0 aliphatic heterocycles. The molecule has 2 aromatic rings. The van der Waals surface area contributed by atoms with Crippen LogP contribution in [-0.4, -0.2) is 0 Å². The zero-order chi connectivity index (χ0) is 11.4. The molecule has 0 bridgehead atoms. The van der Waals surface area contributed by atoms with Gasteiger partial charge in [-0.2, -0.15) is 0 Å². The van der Waals surface area contributed by atoms with Crippen molar-refractivity contribution in [2.75, 3.05) is 0 Å². The molecule has 0 saturated heterocycles. The van der Waals surface area contributed by atoms with Gasteiger partial charge in [-0.25, -0.2) is 0 Å². The third-order valence-electron chi connectivity index (χ3n) is 2.52. The summed E-state index contributed by atoms with van der Waals surface area (Å²) < 4.78 is 0. The van der Waals surface area contributed by atoms with Crippen molar-refractivity contribution in [1.29, 1.82) is 0 Å². The summed E-state index contributed by atoms with van der Waals surface area (Å²) in [6, 6.07) is 16.5. The van der Waals surface area contributed by atoms with Crippen LogP contribution in [0.2, 0.25) is 0 Å². The van der Waals surface area contributed by atoms with Gasteiger partial charge in [0.15, 0.2) is 0 Å². The molecule has 2 aromatic carbocycles. The quantitative estimate of drug-likeness (QED) is 0.685. The Morgan fingerprint density at radius 3 is 2.00 bits per heavy atom. The Bertz CT molecular complexity index is 460. The van der Waals surface area contributed by atoms with Crippen LogP contribution in [0.1, 0.15) is 11.1 Å². The van der Waals surface area contributed by atoms with Gasteiger partial charge in [0, 0.05) is 11.8 Å². The molecule has 0 radical (unpaired) electrons. The van der Waals surface area contributed by atoms with Crippen LogP contribution >= 0.6 is 23.2 Å². The minimum atomic E-state index is 0.549. The van der Waals surface area contributed by atoms with Crippen molar-refractivity contribution in [2.24, 2.45) is 0 Å². The summed E-state index contributed by atoms with van der Waals surface area (Å²) in [5.74, 6) is 1.11. The van der Waals surface area contributed by atoms with Gasteiger partial charge >= 0.3 is 0 Å². The fraction of sp³-hybridized carbons (Fsp3) is 0.143. The van der Waals surface area contributed by atoms with Gasteiger partial charge in [-0.15, -0.1) is 23.2 Å². The van der Waals surface area contributed by atoms with E-state index in [2.05, 4.69) is 36.4 Å². The Kier molecular flexibility index (Phi) is 3.87. The van der Waals surface area contributed by atoms with E-state index in [4.69, 9.17) is 23.2 Å². The highest BCUT2D eigenvalue weighted by Gasteiger charge is 1.99. The van der Waals surface area contributed by atoms with Crippen molar-refractivity contribution in [1.82, 2.24) is 0 Å². The normalized spacial score (nSPS) is 10.4. The van der Waals surface area contributed by atoms with Gasteiger partial charge in [-0.05, 0) is 28.3 Å². The second kappa shape index (κ2) is 5.38. The number of hydrogen-bond donors (Lipinski definition) is 0. The van der Waals surface area contributed by atoms with Gasteiger partial charge < -0.3 is 0 Å². The first-order valence-electron chi connectivity index (χ1n) is 5.13. The summed E-state index contributed by atoms with van der Waals surface area (Å²) in [6.07, 6.45) is 0. The van der Waals surface area contributed by atoms with Crippen LogP contribution in [0.5, 0.6) is 0 Å². The molecule has 82 valence electrons. The van der Waals surface area contributed by atoms with Crippen LogP contribution in [0.25, 0.3) is 11.1 Å². The van der Waals surface area contributed by atoms with E-state index in [1.807, 2.05) is 12.1 Å². The molecular formula is C14H12Cl2. The number of alkyl halides is 2. The highest BCUT2D eigenvalue weighted by molar-refractivity contribution is 6.17. The summed E-state index contributed by atoms with van der Waals surface area (Å²) in [4.78, 5) is 0. The Morgan fingerprint density at radius 2 is 1.38 bits per heavy atom. The van der Waals surface area contributed by atoms with Crippen molar-refractivity contribution < 1.29 is 0 Å². The first kappa shape index (κ1) is 11.5. The lowest BCUT2D eigenvalue weighted by Crippen LogP contribution is -1.83. The first-order valence-corrected chi connectivity index (χ1v) is 6.20. The van der Waals surface area contributed by atoms with Crippen molar-refractivity contribution in [3.8, 4) is 11.1 Å². The van der Waals surface area contributed by atoms with Crippen LogP contribution < -0.4 is 0 Å². The number of benzene rings is 2. The van der Waals surface area contributed by atoms with Gasteiger partial charge in [-0.3, -0.25) is 0 Å². The number of halogens is 2. The molecule has 0 amide bonds. The van der Waals surface area contributed by atoms with E-state index in [-0.39, 0.29) is 0 Å². The lowest BCUT2D eigenvalue weighted by atomic mass is 10.0. The summed E-state index contributed by atoms with van der Waals surface area (Å²) in [5, 5.41) is 0. The molecule has 0 N–H and O–H groups in total. The van der Waals surface area contributed by atoms with Gasteiger partial charge in [0.05, 0.1) is 0 Å². The smallest absolute Gasteiger partial charge is 0.0474 e. The van der Waals surface area contributed by atoms with E-state index >= 15 is 0 Å². The second-order valence-corrected chi connectivity index (χ2v) is 4.20. The highest BCUT2D eigenvalue weighted by atomic mass is 35.5. The molecule has 0 aliphatic rings. The SMILES string of the molecule is ClCc1ccc(-c2cccc(CCl)c2)cc1. The molecule has 0 saturated carbocycles. The molecule has 0 spiro atoms. The molecule has 0 aliphatic carbocycles. The van der Waals surface area contributed by atoms with Crippen LogP contribution in [0.15, 0.2) is 48.5 Å². The Balaban J connectivity index is 2.34. The van der Waals surface area contributed by atoms with Crippen molar-refractivity contribution in [3.05, 3.63) is 59.7 Å². The molecule has 16 heavy (non-hydrogen) atoms. The molecule has 0 nitrogen and oxygen atoms in total. The fourth-order valence-corrected chi connectivity index (χ4v) is 1.96. The van der Waals surface area contributed by atoms with Crippen LogP contribution in [-0.2, 0) is 11.8 Å². The molecule has 0 unspecified atom stereocenters. The molecule has 0 fully saturated rings. The Morgan fingerprint density at radius 1 is 0.688 bits per heavy atom. The average molecular weight is 251 g/mol. The number of hydrogen-bond acceptors (Lipinski definition) is 0. The molecular weight excluding hydrogens is 239 g/mol. The minimum Gasteiger partial charge on any atom is -0.122 e. The second-order valence-electron chi connectivity index (χ2n) is 3.66. The molecule has 2 rings (SSSR count). The van der Waals surface area contributed by atoms with Crippen LogP contribution in [0, 0.1) is 0 Å². The van der Waals surface area contributed by atoms with E-state index in [0.717, 1.165) is 11.1 Å². The number of rotatable bonds is 3. The van der Waals surface area contributed by atoms with E-state index < -0.39 is 0 Å². The van der Waals surface area contributed by atoms with Crippen molar-refractivity contribution in [2.45, 2.75) is 11.8 Å². The van der Waals surface area contributed by atoms with Gasteiger partial charge in [-0.1, -0.05) is 42.5 Å². The van der Waals surface area contributed by atoms with Crippen LogP contribution in [0.3, 0.4) is 0 Å². The monoisotopic (exact) mass is 250 g/mol. The fourth-order valence-electron chi connectivity index (χ4n) is 1.62. The van der Waals surface area contributed by atoms with E-state index in [1.54, 1.807) is 0 Å². The van der Waals surface area contributed by atoms with Gasteiger partial charge in [0.25, 0.3) is 0 Å². The van der Waals surface area contributed by atoms with Crippen molar-refractivity contribution in [3.63, 3.8) is 0 Å². The average Bonchev–Trinajstić information content (AvgIpc) is 2.39. The molecule has 0 aromatic heterocycles. The third-order valence-corrected chi connectivity index (χ3v) is 3.14. The summed E-state index contributed by atoms with van der Waals surface area (Å²) in [5.41, 5.74) is 4.67. The van der Waals surface area contributed by atoms with E-state index in [1.165, 1.54) is 11.1 Å². The summed E-state index contributed by atoms with van der Waals surface area (Å²) in [6.45, 7) is 0. The summed E-state index contributed by atoms with van der Waals surface area (Å²) >= 11 is 11.6. The predicted molar refractivity (Wildman–Crippen MR) is 71.0 cm³/mol.